The van der Waals surface area contributed by atoms with E-state index in [1.54, 1.807) is 6.92 Å². The summed E-state index contributed by atoms with van der Waals surface area (Å²) < 4.78 is 40.3. The minimum atomic E-state index is -3.92. The maximum Gasteiger partial charge on any atom is 0.306 e. The van der Waals surface area contributed by atoms with Crippen LogP contribution in [0.5, 0.6) is 0 Å². The van der Waals surface area contributed by atoms with Crippen molar-refractivity contribution in [3.8, 4) is 0 Å². The molecule has 0 spiro atoms. The van der Waals surface area contributed by atoms with Gasteiger partial charge in [-0.2, -0.15) is 0 Å². The van der Waals surface area contributed by atoms with Gasteiger partial charge in [0.1, 0.15) is 5.82 Å². The molecule has 0 radical (unpaired) electrons. The van der Waals surface area contributed by atoms with Crippen molar-refractivity contribution < 1.29 is 12.8 Å². The van der Waals surface area contributed by atoms with Gasteiger partial charge in [0.25, 0.3) is 10.0 Å². The Kier molecular flexibility index (Phi) is 4.03. The van der Waals surface area contributed by atoms with Gasteiger partial charge < -0.3 is 4.98 Å². The Hall–Kier alpha value is -1.19. The van der Waals surface area contributed by atoms with Crippen LogP contribution in [0.1, 0.15) is 11.3 Å². The number of aryl methyl sites for hydroxylation is 2. The molecule has 0 saturated heterocycles. The molecule has 1 aromatic heterocycles. The number of nitrogens with one attached hydrogen (secondary N) is 2. The zero-order chi connectivity index (χ0) is 15.1. The number of rotatable bonds is 3. The monoisotopic (exact) mass is 380 g/mol. The Morgan fingerprint density at radius 1 is 1.35 bits per heavy atom. The molecule has 0 saturated carbocycles. The predicted octanol–water partition coefficient (Wildman–Crippen LogP) is 2.76. The van der Waals surface area contributed by atoms with Crippen LogP contribution in [0.25, 0.3) is 0 Å². The Bertz CT molecular complexity index is 827. The number of halogens is 2. The number of hydrogen-bond donors (Lipinski definition) is 2. The van der Waals surface area contributed by atoms with Gasteiger partial charge in [-0.25, -0.2) is 12.8 Å². The maximum atomic E-state index is 13.5. The summed E-state index contributed by atoms with van der Waals surface area (Å²) in [6, 6.07) is 2.56. The number of aromatic nitrogens is 1. The highest BCUT2D eigenvalue weighted by molar-refractivity contribution is 9.10. The van der Waals surface area contributed by atoms with Crippen molar-refractivity contribution in [2.75, 3.05) is 4.72 Å². The molecule has 5 nitrogen and oxygen atoms in total. The van der Waals surface area contributed by atoms with E-state index in [4.69, 9.17) is 0 Å². The second-order valence-corrected chi connectivity index (χ2v) is 7.83. The number of benzene rings is 1. The number of sulfonamides is 1. The second kappa shape index (κ2) is 5.30. The van der Waals surface area contributed by atoms with Gasteiger partial charge in [-0.05, 0) is 47.5 Å². The highest BCUT2D eigenvalue weighted by Crippen LogP contribution is 2.27. The average Bonchev–Trinajstić information content (AvgIpc) is 2.66. The molecule has 1 heterocycles. The van der Waals surface area contributed by atoms with E-state index in [2.05, 4.69) is 25.6 Å². The molecule has 108 valence electrons. The predicted molar refractivity (Wildman–Crippen MR) is 79.3 cm³/mol. The van der Waals surface area contributed by atoms with Crippen LogP contribution in [-0.4, -0.2) is 13.4 Å². The molecule has 2 aromatic rings. The fraction of sp³-hybridized carbons (Fsp3) is 0.182. The molecule has 0 aliphatic heterocycles. The molecule has 2 N–H and O–H groups in total. The van der Waals surface area contributed by atoms with Crippen molar-refractivity contribution in [2.24, 2.45) is 0 Å². The maximum absolute atomic E-state index is 13.5. The first-order valence-electron chi connectivity index (χ1n) is 5.39. The molecule has 0 fully saturated rings. The SMILES string of the molecule is Cc1cc(Br)c(F)cc1NS(=O)(=O)c1sc(=O)[nH]c1C. The van der Waals surface area contributed by atoms with Crippen LogP contribution >= 0.6 is 27.3 Å². The number of aromatic amines is 1. The van der Waals surface area contributed by atoms with Gasteiger partial charge >= 0.3 is 4.87 Å². The average molecular weight is 381 g/mol. The lowest BCUT2D eigenvalue weighted by molar-refractivity contribution is 0.602. The van der Waals surface area contributed by atoms with Crippen molar-refractivity contribution in [2.45, 2.75) is 18.1 Å². The zero-order valence-electron chi connectivity index (χ0n) is 10.5. The van der Waals surface area contributed by atoms with Crippen LogP contribution in [0.15, 0.2) is 25.6 Å². The smallest absolute Gasteiger partial charge is 0.306 e. The van der Waals surface area contributed by atoms with E-state index in [-0.39, 0.29) is 20.1 Å². The Morgan fingerprint density at radius 2 is 2.00 bits per heavy atom. The molecule has 20 heavy (non-hydrogen) atoms. The van der Waals surface area contributed by atoms with E-state index in [0.29, 0.717) is 16.9 Å². The van der Waals surface area contributed by atoms with E-state index in [9.17, 15) is 17.6 Å². The van der Waals surface area contributed by atoms with Crippen LogP contribution < -0.4 is 9.60 Å². The molecule has 0 bridgehead atoms. The van der Waals surface area contributed by atoms with E-state index >= 15 is 0 Å². The minimum absolute atomic E-state index is 0.106. The third-order valence-electron chi connectivity index (χ3n) is 2.54. The van der Waals surface area contributed by atoms with Gasteiger partial charge in [0, 0.05) is 5.69 Å². The fourth-order valence-electron chi connectivity index (χ4n) is 1.59. The fourth-order valence-corrected chi connectivity index (χ4v) is 4.48. The molecule has 0 aliphatic rings. The molecule has 2 rings (SSSR count). The molecule has 1 aromatic carbocycles. The standard InChI is InChI=1S/C11H10BrFN2O3S2/c1-5-3-7(12)8(13)4-9(5)15-20(17,18)10-6(2)14-11(16)19-10/h3-4,15H,1-2H3,(H,14,16). The highest BCUT2D eigenvalue weighted by atomic mass is 79.9. The first kappa shape index (κ1) is 15.2. The van der Waals surface area contributed by atoms with Crippen molar-refractivity contribution in [3.05, 3.63) is 43.3 Å². The number of H-pyrrole nitrogens is 1. The van der Waals surface area contributed by atoms with E-state index < -0.39 is 20.7 Å². The Labute approximate surface area is 127 Å². The third kappa shape index (κ3) is 2.94. The van der Waals surface area contributed by atoms with E-state index in [0.717, 1.165) is 6.07 Å². The largest absolute Gasteiger partial charge is 0.315 e. The highest BCUT2D eigenvalue weighted by Gasteiger charge is 2.21. The van der Waals surface area contributed by atoms with Crippen molar-refractivity contribution in [1.82, 2.24) is 4.98 Å². The lowest BCUT2D eigenvalue weighted by Crippen LogP contribution is -2.13. The molecule has 0 amide bonds. The van der Waals surface area contributed by atoms with Gasteiger partial charge in [-0.1, -0.05) is 11.3 Å². The summed E-state index contributed by atoms with van der Waals surface area (Å²) in [5.74, 6) is -0.577. The van der Waals surface area contributed by atoms with Crippen LogP contribution in [0.2, 0.25) is 0 Å². The molecular weight excluding hydrogens is 371 g/mol. The first-order valence-corrected chi connectivity index (χ1v) is 8.48. The summed E-state index contributed by atoms with van der Waals surface area (Å²) in [4.78, 5) is 13.1. The first-order chi connectivity index (χ1) is 9.20. The molecular formula is C11H10BrFN2O3S2. The zero-order valence-corrected chi connectivity index (χ0v) is 13.7. The lowest BCUT2D eigenvalue weighted by Gasteiger charge is -2.10. The van der Waals surface area contributed by atoms with Gasteiger partial charge in [0.2, 0.25) is 0 Å². The summed E-state index contributed by atoms with van der Waals surface area (Å²) in [7, 11) is -3.92. The number of thiazole rings is 1. The number of anilines is 1. The van der Waals surface area contributed by atoms with Crippen LogP contribution in [-0.2, 0) is 10.0 Å². The normalized spacial score (nSPS) is 11.6. The topological polar surface area (TPSA) is 79.0 Å². The van der Waals surface area contributed by atoms with E-state index in [1.165, 1.54) is 13.0 Å². The van der Waals surface area contributed by atoms with Crippen molar-refractivity contribution >= 4 is 43.0 Å². The van der Waals surface area contributed by atoms with Gasteiger partial charge in [-0.3, -0.25) is 9.52 Å². The quantitative estimate of drug-likeness (QED) is 0.858. The summed E-state index contributed by atoms with van der Waals surface area (Å²) in [5.41, 5.74) is 0.941. The minimum Gasteiger partial charge on any atom is -0.315 e. The summed E-state index contributed by atoms with van der Waals surface area (Å²) in [5, 5.41) is 0. The third-order valence-corrected chi connectivity index (χ3v) is 6.11. The van der Waals surface area contributed by atoms with Crippen LogP contribution in [0, 0.1) is 19.7 Å². The van der Waals surface area contributed by atoms with E-state index in [1.807, 2.05) is 0 Å². The summed E-state index contributed by atoms with van der Waals surface area (Å²) >= 11 is 3.61. The second-order valence-electron chi connectivity index (χ2n) is 4.11. The van der Waals surface area contributed by atoms with Crippen molar-refractivity contribution in [3.63, 3.8) is 0 Å². The summed E-state index contributed by atoms with van der Waals surface area (Å²) in [6.45, 7) is 3.13. The molecule has 0 unspecified atom stereocenters. The molecule has 9 heteroatoms. The Morgan fingerprint density at radius 3 is 2.55 bits per heavy atom. The lowest BCUT2D eigenvalue weighted by atomic mass is 10.2. The van der Waals surface area contributed by atoms with Gasteiger partial charge in [0.05, 0.1) is 10.2 Å². The van der Waals surface area contributed by atoms with Crippen LogP contribution in [0.3, 0.4) is 0 Å². The van der Waals surface area contributed by atoms with Crippen molar-refractivity contribution in [1.29, 1.82) is 0 Å². The molecule has 0 atom stereocenters. The summed E-state index contributed by atoms with van der Waals surface area (Å²) in [6.07, 6.45) is 0. The van der Waals surface area contributed by atoms with Gasteiger partial charge in [-0.15, -0.1) is 0 Å². The van der Waals surface area contributed by atoms with Crippen LogP contribution in [0.4, 0.5) is 10.1 Å². The van der Waals surface area contributed by atoms with Gasteiger partial charge in [0.15, 0.2) is 4.21 Å². The Balaban J connectivity index is 2.46. The molecule has 0 aliphatic carbocycles. The number of hydrogen-bond acceptors (Lipinski definition) is 4.